The van der Waals surface area contributed by atoms with Crippen LogP contribution in [0.5, 0.6) is 0 Å². The van der Waals surface area contributed by atoms with Crippen LogP contribution in [0.1, 0.15) is 66.9 Å². The molecule has 56 heavy (non-hydrogen) atoms. The molecule has 2 bridgehead atoms. The van der Waals surface area contributed by atoms with Crippen LogP contribution in [-0.4, -0.2) is 108 Å². The number of methoxy groups -OCH3 is 1. The minimum atomic E-state index is -2.30. The molecule has 5 aliphatic rings. The molecule has 304 valence electrons. The quantitative estimate of drug-likeness (QED) is 0.176. The highest BCUT2D eigenvalue weighted by molar-refractivity contribution is 5.97. The summed E-state index contributed by atoms with van der Waals surface area (Å²) in [5.74, 6) is -7.77. The maximum Gasteiger partial charge on any atom is 0.348 e. The summed E-state index contributed by atoms with van der Waals surface area (Å²) in [5, 5.41) is 26.6. The smallest absolute Gasteiger partial charge is 0.348 e. The number of fused-ring (bicyclic) bond motifs is 2. The lowest BCUT2D eigenvalue weighted by Crippen LogP contribution is -2.79. The van der Waals surface area contributed by atoms with Gasteiger partial charge in [-0.15, -0.1) is 0 Å². The molecule has 2 heterocycles. The molecule has 3 aliphatic carbocycles. The second-order valence-corrected chi connectivity index (χ2v) is 17.1. The molecule has 4 fully saturated rings. The molecule has 2 aliphatic heterocycles. The van der Waals surface area contributed by atoms with Gasteiger partial charge in [0.25, 0.3) is 5.91 Å². The normalized spacial score (nSPS) is 34.9. The molecular formula is C41H51NO14. The number of aliphatic hydroxyl groups is 2. The van der Waals surface area contributed by atoms with Gasteiger partial charge in [-0.05, 0) is 70.4 Å². The summed E-state index contributed by atoms with van der Waals surface area (Å²) < 4.78 is 34.5. The van der Waals surface area contributed by atoms with E-state index in [2.05, 4.69) is 5.32 Å². The first-order valence-electron chi connectivity index (χ1n) is 18.8. The number of rotatable bonds is 10. The van der Waals surface area contributed by atoms with Crippen LogP contribution < -0.4 is 5.32 Å². The number of carbonyl (C=O) groups is 6. The number of amides is 1. The minimum absolute atomic E-state index is 0.0832. The maximum absolute atomic E-state index is 14.1. The Bertz CT molecular complexity index is 1860. The van der Waals surface area contributed by atoms with Crippen LogP contribution in [0.25, 0.3) is 0 Å². The van der Waals surface area contributed by atoms with Crippen LogP contribution in [-0.2, 0) is 63.6 Å². The van der Waals surface area contributed by atoms with Gasteiger partial charge in [-0.2, -0.15) is 0 Å². The van der Waals surface area contributed by atoms with Crippen molar-refractivity contribution in [3.05, 3.63) is 58.9 Å². The molecule has 1 spiro atoms. The summed E-state index contributed by atoms with van der Waals surface area (Å²) in [4.78, 5) is 81.0. The number of nitrogens with one attached hydrogen (secondary N) is 1. The molecule has 0 radical (unpaired) electrons. The van der Waals surface area contributed by atoms with Crippen molar-refractivity contribution in [2.24, 2.45) is 28.6 Å². The number of hydrogen-bond acceptors (Lipinski definition) is 14. The molecule has 2 saturated carbocycles. The molecule has 11 atom stereocenters. The monoisotopic (exact) mass is 781 g/mol. The molecule has 15 nitrogen and oxygen atoms in total. The van der Waals surface area contributed by atoms with Crippen LogP contribution in [0.2, 0.25) is 0 Å². The predicted molar refractivity (Wildman–Crippen MR) is 194 cm³/mol. The number of benzene rings is 1. The first-order valence-corrected chi connectivity index (χ1v) is 18.8. The Morgan fingerprint density at radius 2 is 1.75 bits per heavy atom. The van der Waals surface area contributed by atoms with E-state index in [1.165, 1.54) is 6.08 Å². The fourth-order valence-corrected chi connectivity index (χ4v) is 10.2. The number of esters is 4. The summed E-state index contributed by atoms with van der Waals surface area (Å²) in [6.45, 7) is 11.0. The third-order valence-electron chi connectivity index (χ3n) is 12.1. The summed E-state index contributed by atoms with van der Waals surface area (Å²) >= 11 is 0. The van der Waals surface area contributed by atoms with Gasteiger partial charge in [0, 0.05) is 30.3 Å². The van der Waals surface area contributed by atoms with Gasteiger partial charge in [-0.25, -0.2) is 19.2 Å². The fourth-order valence-electron chi connectivity index (χ4n) is 10.2. The lowest BCUT2D eigenvalue weighted by molar-refractivity contribution is -0.290. The molecule has 0 aromatic heterocycles. The molecule has 1 amide bonds. The minimum Gasteiger partial charge on any atom is -0.480 e. The van der Waals surface area contributed by atoms with Gasteiger partial charge >= 0.3 is 23.9 Å². The van der Waals surface area contributed by atoms with Crippen LogP contribution in [0, 0.1) is 28.6 Å². The summed E-state index contributed by atoms with van der Waals surface area (Å²) in [7, 11) is 1.08. The van der Waals surface area contributed by atoms with Crippen LogP contribution >= 0.6 is 0 Å². The van der Waals surface area contributed by atoms with Gasteiger partial charge in [0.2, 0.25) is 11.7 Å². The Morgan fingerprint density at radius 3 is 2.38 bits per heavy atom. The van der Waals surface area contributed by atoms with Crippen molar-refractivity contribution < 1.29 is 67.4 Å². The van der Waals surface area contributed by atoms with Crippen LogP contribution in [0.3, 0.4) is 0 Å². The molecule has 1 aromatic carbocycles. The number of allylic oxidation sites excluding steroid dienone is 3. The molecule has 15 heteroatoms. The summed E-state index contributed by atoms with van der Waals surface area (Å²) in [5.41, 5.74) is -3.87. The zero-order valence-corrected chi connectivity index (χ0v) is 32.9. The third kappa shape index (κ3) is 6.70. The van der Waals surface area contributed by atoms with Crippen molar-refractivity contribution in [3.63, 3.8) is 0 Å². The fraction of sp³-hybridized carbons (Fsp3) is 0.610. The summed E-state index contributed by atoms with van der Waals surface area (Å²) in [6, 6.07) is 8.04. The topological polar surface area (TPSA) is 210 Å². The Balaban J connectivity index is 1.31. The molecule has 6 rings (SSSR count). The molecule has 3 N–H and O–H groups in total. The molecule has 2 saturated heterocycles. The van der Waals surface area contributed by atoms with Crippen LogP contribution in [0.4, 0.5) is 0 Å². The van der Waals surface area contributed by atoms with Gasteiger partial charge in [0.05, 0.1) is 25.7 Å². The largest absolute Gasteiger partial charge is 0.480 e. The number of carbonyl (C=O) groups excluding carboxylic acids is 6. The predicted octanol–water partition coefficient (Wildman–Crippen LogP) is 2.04. The van der Waals surface area contributed by atoms with E-state index in [-0.39, 0.29) is 31.6 Å². The number of hydrogen-bond donors (Lipinski definition) is 3. The van der Waals surface area contributed by atoms with Crippen molar-refractivity contribution >= 4 is 35.6 Å². The van der Waals surface area contributed by atoms with Crippen molar-refractivity contribution in [1.82, 2.24) is 5.32 Å². The average Bonchev–Trinajstić information content (AvgIpc) is 3.41. The van der Waals surface area contributed by atoms with E-state index in [9.17, 15) is 39.0 Å². The number of ketones is 1. The van der Waals surface area contributed by atoms with E-state index in [1.54, 1.807) is 48.5 Å². The van der Waals surface area contributed by atoms with Gasteiger partial charge in [-0.3, -0.25) is 9.59 Å². The Morgan fingerprint density at radius 1 is 1.07 bits per heavy atom. The lowest BCUT2D eigenvalue weighted by atomic mass is 9.38. The first kappa shape index (κ1) is 41.0. The van der Waals surface area contributed by atoms with Crippen molar-refractivity contribution in [1.29, 1.82) is 0 Å². The van der Waals surface area contributed by atoms with Gasteiger partial charge in [-0.1, -0.05) is 42.8 Å². The van der Waals surface area contributed by atoms with E-state index < -0.39 is 112 Å². The molecular weight excluding hydrogens is 730 g/mol. The Labute approximate surface area is 325 Å². The van der Waals surface area contributed by atoms with Gasteiger partial charge in [0.15, 0.2) is 18.1 Å². The van der Waals surface area contributed by atoms with E-state index in [1.807, 2.05) is 30.3 Å². The van der Waals surface area contributed by atoms with Crippen molar-refractivity contribution in [2.75, 3.05) is 20.3 Å². The third-order valence-corrected chi connectivity index (χ3v) is 12.1. The van der Waals surface area contributed by atoms with Gasteiger partial charge < -0.3 is 44.0 Å². The number of aliphatic hydroxyl groups excluding tert-OH is 2. The van der Waals surface area contributed by atoms with E-state index in [4.69, 9.17) is 28.4 Å². The van der Waals surface area contributed by atoms with Crippen molar-refractivity contribution in [2.45, 2.75) is 109 Å². The van der Waals surface area contributed by atoms with Crippen LogP contribution in [0.15, 0.2) is 53.3 Å². The number of Topliss-reactive ketones (excluding diaryl/α,β-unsaturated/α-hetero) is 1. The SMILES string of the molecule is COC(=O)C12OC[C@]34C([C@@H](O)[C@@H]1O)[C@@]1(C)CC(=O)C(OCC(=O)NC(Cc5ccccc5)C(=O)OC(C)(C)C)=C(C)[C@@H]1C[C@H]3OC(=O)[C@H](OC(=O)C=C(C)C)[C@@H]24. The Hall–Kier alpha value is -4.60. The lowest BCUT2D eigenvalue weighted by Gasteiger charge is -2.67. The zero-order chi connectivity index (χ0) is 41.1. The number of ether oxygens (including phenoxy) is 6. The highest BCUT2D eigenvalue weighted by Gasteiger charge is 2.85. The van der Waals surface area contributed by atoms with Crippen molar-refractivity contribution in [3.8, 4) is 0 Å². The first-order chi connectivity index (χ1) is 26.2. The van der Waals surface area contributed by atoms with Gasteiger partial charge in [0.1, 0.15) is 23.9 Å². The Kier molecular flexibility index (Phi) is 10.8. The average molecular weight is 782 g/mol. The zero-order valence-electron chi connectivity index (χ0n) is 32.9. The molecule has 3 unspecified atom stereocenters. The summed E-state index contributed by atoms with van der Waals surface area (Å²) in [6.07, 6.45) is -5.21. The highest BCUT2D eigenvalue weighted by Crippen LogP contribution is 2.72. The second kappa shape index (κ2) is 14.7. The van der Waals surface area contributed by atoms with E-state index in [0.717, 1.165) is 12.7 Å². The van der Waals surface area contributed by atoms with E-state index in [0.29, 0.717) is 11.1 Å². The second-order valence-electron chi connectivity index (χ2n) is 17.1. The molecule has 1 aromatic rings. The maximum atomic E-state index is 14.1. The highest BCUT2D eigenvalue weighted by atomic mass is 16.6. The standard InChI is InChI=1S/C41H51NO14/c1-20(2)14-28(45)55-31-33-40-19-53-41(33,37(50)51-8)34(47)29(46)32(40)39(7)17-25(43)30(21(3)23(39)16-26(40)54-36(31)49)52-18-27(44)42-24(35(48)56-38(4,5)6)15-22-12-10-9-11-13-22/h9-14,23-24,26,29,31-34,46-47H,15-19H2,1-8H3,(H,42,44)/t23-,24?,26+,29+,31+,32?,33+,34-,39-,40+,41?/m0/s1. The van der Waals surface area contributed by atoms with E-state index >= 15 is 0 Å².